The summed E-state index contributed by atoms with van der Waals surface area (Å²) in [6, 6.07) is 0. The first-order valence-corrected chi connectivity index (χ1v) is 3.88. The van der Waals surface area contributed by atoms with Crippen molar-refractivity contribution >= 4 is 0 Å². The zero-order valence-corrected chi connectivity index (χ0v) is 7.20. The molecule has 0 saturated carbocycles. The van der Waals surface area contributed by atoms with E-state index in [0.717, 1.165) is 24.2 Å². The molecule has 1 aromatic rings. The van der Waals surface area contributed by atoms with Gasteiger partial charge in [-0.1, -0.05) is 0 Å². The summed E-state index contributed by atoms with van der Waals surface area (Å²) in [6.45, 7) is 1.44. The van der Waals surface area contributed by atoms with E-state index in [-0.39, 0.29) is 11.8 Å². The topological polar surface area (TPSA) is 48.6 Å². The molecule has 0 atom stereocenters. The van der Waals surface area contributed by atoms with Gasteiger partial charge in [-0.05, 0) is 7.05 Å². The predicted octanol–water partition coefficient (Wildman–Crippen LogP) is 0.382. The molecule has 0 saturated heterocycles. The van der Waals surface area contributed by atoms with Crippen molar-refractivity contribution in [2.45, 2.75) is 13.1 Å². The minimum absolute atomic E-state index is 0.187. The highest BCUT2D eigenvalue weighted by Crippen LogP contribution is 2.37. The van der Waals surface area contributed by atoms with Crippen LogP contribution in [0.1, 0.15) is 11.1 Å². The molecule has 4 nitrogen and oxygen atoms in total. The van der Waals surface area contributed by atoms with Gasteiger partial charge in [-0.3, -0.25) is 9.47 Å². The van der Waals surface area contributed by atoms with Crippen LogP contribution in [0.15, 0.2) is 0 Å². The van der Waals surface area contributed by atoms with E-state index in [0.29, 0.717) is 0 Å². The summed E-state index contributed by atoms with van der Waals surface area (Å²) in [5, 5.41) is 19.1. The van der Waals surface area contributed by atoms with Crippen LogP contribution in [0.2, 0.25) is 0 Å². The normalized spacial score (nSPS) is 16.8. The molecule has 0 spiro atoms. The van der Waals surface area contributed by atoms with Crippen molar-refractivity contribution in [1.82, 2.24) is 9.47 Å². The van der Waals surface area contributed by atoms with Crippen molar-refractivity contribution in [2.75, 3.05) is 7.05 Å². The molecular weight excluding hydrogens is 156 g/mol. The highest BCUT2D eigenvalue weighted by Gasteiger charge is 2.27. The van der Waals surface area contributed by atoms with Crippen LogP contribution in [0.3, 0.4) is 0 Å². The third-order valence-electron chi connectivity index (χ3n) is 2.40. The fourth-order valence-electron chi connectivity index (χ4n) is 1.70. The maximum Gasteiger partial charge on any atom is 0.198 e. The van der Waals surface area contributed by atoms with E-state index in [1.807, 2.05) is 11.9 Å². The SMILES string of the molecule is CN1Cc2c(c(O)n(C)c2O)C1. The molecule has 12 heavy (non-hydrogen) atoms. The Hall–Kier alpha value is -1.16. The molecule has 1 aliphatic rings. The zero-order valence-electron chi connectivity index (χ0n) is 7.20. The fraction of sp³-hybridized carbons (Fsp3) is 0.500. The lowest BCUT2D eigenvalue weighted by Gasteiger charge is -2.07. The van der Waals surface area contributed by atoms with Crippen molar-refractivity contribution in [3.8, 4) is 11.8 Å². The molecule has 0 fully saturated rings. The molecule has 4 heteroatoms. The number of aromatic hydroxyl groups is 2. The predicted molar refractivity (Wildman–Crippen MR) is 43.9 cm³/mol. The molecule has 2 N–H and O–H groups in total. The van der Waals surface area contributed by atoms with Gasteiger partial charge in [0, 0.05) is 31.3 Å². The Labute approximate surface area is 70.7 Å². The maximum atomic E-state index is 9.53. The smallest absolute Gasteiger partial charge is 0.198 e. The van der Waals surface area contributed by atoms with Crippen LogP contribution in [0.5, 0.6) is 11.8 Å². The Bertz CT molecular complexity index is 301. The van der Waals surface area contributed by atoms with Gasteiger partial charge in [0.05, 0.1) is 0 Å². The minimum Gasteiger partial charge on any atom is -0.494 e. The summed E-state index contributed by atoms with van der Waals surface area (Å²) in [5.41, 5.74) is 1.72. The highest BCUT2D eigenvalue weighted by atomic mass is 16.3. The molecule has 66 valence electrons. The molecular formula is C8H12N2O2. The van der Waals surface area contributed by atoms with Gasteiger partial charge in [0.2, 0.25) is 0 Å². The van der Waals surface area contributed by atoms with E-state index in [4.69, 9.17) is 0 Å². The van der Waals surface area contributed by atoms with Crippen LogP contribution >= 0.6 is 0 Å². The van der Waals surface area contributed by atoms with E-state index in [1.165, 1.54) is 4.57 Å². The van der Waals surface area contributed by atoms with E-state index in [9.17, 15) is 10.2 Å². The van der Waals surface area contributed by atoms with Crippen molar-refractivity contribution in [3.05, 3.63) is 11.1 Å². The van der Waals surface area contributed by atoms with Crippen LogP contribution in [0, 0.1) is 0 Å². The Balaban J connectivity index is 2.58. The van der Waals surface area contributed by atoms with Crippen molar-refractivity contribution in [3.63, 3.8) is 0 Å². The van der Waals surface area contributed by atoms with E-state index >= 15 is 0 Å². The van der Waals surface area contributed by atoms with Gasteiger partial charge in [-0.2, -0.15) is 0 Å². The molecule has 1 aromatic heterocycles. The second-order valence-electron chi connectivity index (χ2n) is 3.34. The lowest BCUT2D eigenvalue weighted by molar-refractivity contribution is 0.325. The number of fused-ring (bicyclic) bond motifs is 1. The van der Waals surface area contributed by atoms with Gasteiger partial charge in [0.15, 0.2) is 11.8 Å². The first-order chi connectivity index (χ1) is 5.61. The van der Waals surface area contributed by atoms with Crippen molar-refractivity contribution in [2.24, 2.45) is 7.05 Å². The average Bonchev–Trinajstić information content (AvgIpc) is 2.49. The summed E-state index contributed by atoms with van der Waals surface area (Å²) >= 11 is 0. The summed E-state index contributed by atoms with van der Waals surface area (Å²) in [7, 11) is 3.61. The molecule has 0 unspecified atom stereocenters. The van der Waals surface area contributed by atoms with Crippen LogP contribution < -0.4 is 0 Å². The molecule has 1 aliphatic heterocycles. The summed E-state index contributed by atoms with van der Waals surface area (Å²) < 4.78 is 1.41. The molecule has 0 aliphatic carbocycles. The molecule has 0 aromatic carbocycles. The Morgan fingerprint density at radius 3 is 1.83 bits per heavy atom. The maximum absolute atomic E-state index is 9.53. The number of nitrogens with zero attached hydrogens (tertiary/aromatic N) is 2. The molecule has 2 rings (SSSR count). The summed E-state index contributed by atoms with van der Waals surface area (Å²) in [5.74, 6) is 0.374. The third kappa shape index (κ3) is 0.754. The Morgan fingerprint density at radius 1 is 1.00 bits per heavy atom. The highest BCUT2D eigenvalue weighted by molar-refractivity contribution is 5.47. The number of hydrogen-bond donors (Lipinski definition) is 2. The largest absolute Gasteiger partial charge is 0.494 e. The van der Waals surface area contributed by atoms with Gasteiger partial charge in [0.1, 0.15) is 0 Å². The van der Waals surface area contributed by atoms with Crippen LogP contribution in [0.25, 0.3) is 0 Å². The van der Waals surface area contributed by atoms with E-state index < -0.39 is 0 Å². The first kappa shape index (κ1) is 7.49. The Kier molecular flexibility index (Phi) is 1.35. The monoisotopic (exact) mass is 168 g/mol. The zero-order chi connectivity index (χ0) is 8.88. The second-order valence-corrected chi connectivity index (χ2v) is 3.34. The molecule has 0 radical (unpaired) electrons. The van der Waals surface area contributed by atoms with Gasteiger partial charge in [0.25, 0.3) is 0 Å². The lowest BCUT2D eigenvalue weighted by Crippen LogP contribution is -2.09. The van der Waals surface area contributed by atoms with E-state index in [1.54, 1.807) is 7.05 Å². The van der Waals surface area contributed by atoms with Gasteiger partial charge >= 0.3 is 0 Å². The first-order valence-electron chi connectivity index (χ1n) is 3.88. The lowest BCUT2D eigenvalue weighted by atomic mass is 10.2. The number of rotatable bonds is 0. The molecule has 0 amide bonds. The molecule has 2 heterocycles. The third-order valence-corrected chi connectivity index (χ3v) is 2.40. The van der Waals surface area contributed by atoms with Crippen molar-refractivity contribution < 1.29 is 10.2 Å². The van der Waals surface area contributed by atoms with Crippen LogP contribution in [-0.4, -0.2) is 26.7 Å². The summed E-state index contributed by atoms with van der Waals surface area (Å²) in [4.78, 5) is 2.05. The average molecular weight is 168 g/mol. The minimum atomic E-state index is 0.187. The van der Waals surface area contributed by atoms with Crippen LogP contribution in [-0.2, 0) is 20.1 Å². The number of hydrogen-bond acceptors (Lipinski definition) is 3. The van der Waals surface area contributed by atoms with Crippen molar-refractivity contribution in [1.29, 1.82) is 0 Å². The van der Waals surface area contributed by atoms with Gasteiger partial charge in [-0.15, -0.1) is 0 Å². The molecule has 0 bridgehead atoms. The fourth-order valence-corrected chi connectivity index (χ4v) is 1.70. The summed E-state index contributed by atoms with van der Waals surface area (Å²) in [6.07, 6.45) is 0. The standard InChI is InChI=1S/C8H12N2O2/c1-9-3-5-6(4-9)8(12)10(2)7(5)11/h11-12H,3-4H2,1-2H3. The van der Waals surface area contributed by atoms with Crippen LogP contribution in [0.4, 0.5) is 0 Å². The quantitative estimate of drug-likeness (QED) is 0.589. The van der Waals surface area contributed by atoms with E-state index in [2.05, 4.69) is 0 Å². The second kappa shape index (κ2) is 2.17. The van der Waals surface area contributed by atoms with Gasteiger partial charge in [-0.25, -0.2) is 0 Å². The van der Waals surface area contributed by atoms with Gasteiger partial charge < -0.3 is 10.2 Å². The Morgan fingerprint density at radius 2 is 1.42 bits per heavy atom. The number of aromatic nitrogens is 1.